The van der Waals surface area contributed by atoms with E-state index in [1.165, 1.54) is 30.5 Å². The molecule has 2 heterocycles. The van der Waals surface area contributed by atoms with E-state index >= 15 is 0 Å². The fourth-order valence-electron chi connectivity index (χ4n) is 2.50. The van der Waals surface area contributed by atoms with Crippen LogP contribution in [-0.4, -0.2) is 36.6 Å². The summed E-state index contributed by atoms with van der Waals surface area (Å²) in [7, 11) is 1.73. The highest BCUT2D eigenvalue weighted by atomic mass is 79.9. The average molecular weight is 309 g/mol. The van der Waals surface area contributed by atoms with E-state index in [4.69, 9.17) is 4.74 Å². The Labute approximate surface area is 115 Å². The third-order valence-electron chi connectivity index (χ3n) is 3.69. The number of hydrogen-bond acceptors (Lipinski definition) is 2. The van der Waals surface area contributed by atoms with E-state index in [1.54, 1.807) is 7.11 Å². The molecule has 0 bridgehead atoms. The van der Waals surface area contributed by atoms with Gasteiger partial charge in [0.25, 0.3) is 0 Å². The second-order valence-corrected chi connectivity index (χ2v) is 5.61. The van der Waals surface area contributed by atoms with Crippen LogP contribution in [0.15, 0.2) is 22.8 Å². The topological polar surface area (TPSA) is 28.3 Å². The maximum absolute atomic E-state index is 5.47. The molecule has 0 amide bonds. The monoisotopic (exact) mass is 308 g/mol. The van der Waals surface area contributed by atoms with Gasteiger partial charge in [-0.1, -0.05) is 0 Å². The van der Waals surface area contributed by atoms with Crippen molar-refractivity contribution in [3.8, 4) is 5.75 Å². The lowest BCUT2D eigenvalue weighted by Gasteiger charge is -2.30. The number of H-pyrrole nitrogens is 1. The molecule has 0 spiro atoms. The average Bonchev–Trinajstić information content (AvgIpc) is 2.73. The van der Waals surface area contributed by atoms with Crippen molar-refractivity contribution in [1.82, 2.24) is 9.88 Å². The Morgan fingerprint density at radius 2 is 2.22 bits per heavy atom. The number of aromatic amines is 1. The Morgan fingerprint density at radius 3 is 2.89 bits per heavy atom. The number of methoxy groups -OCH3 is 1. The highest BCUT2D eigenvalue weighted by molar-refractivity contribution is 9.10. The highest BCUT2D eigenvalue weighted by Gasteiger charge is 2.16. The first kappa shape index (κ1) is 12.1. The number of fused-ring (bicyclic) bond motifs is 1. The van der Waals surface area contributed by atoms with Gasteiger partial charge in [-0.15, -0.1) is 0 Å². The number of hydrogen-bond donors (Lipinski definition) is 1. The van der Waals surface area contributed by atoms with Crippen LogP contribution in [0.3, 0.4) is 0 Å². The van der Waals surface area contributed by atoms with E-state index in [1.807, 2.05) is 12.1 Å². The van der Waals surface area contributed by atoms with Crippen molar-refractivity contribution >= 4 is 26.8 Å². The number of nitrogens with one attached hydrogen (secondary N) is 1. The Kier molecular flexibility index (Phi) is 3.31. The molecule has 18 heavy (non-hydrogen) atoms. The SMILES string of the molecule is COc1ccc(Br)c2[nH]cc(CCN3CCC3)c12. The van der Waals surface area contributed by atoms with E-state index in [9.17, 15) is 0 Å². The van der Waals surface area contributed by atoms with Gasteiger partial charge in [0, 0.05) is 22.6 Å². The summed E-state index contributed by atoms with van der Waals surface area (Å²) in [5.41, 5.74) is 2.48. The number of ether oxygens (including phenoxy) is 1. The van der Waals surface area contributed by atoms with Gasteiger partial charge < -0.3 is 14.6 Å². The van der Waals surface area contributed by atoms with Crippen LogP contribution in [-0.2, 0) is 6.42 Å². The lowest BCUT2D eigenvalue weighted by atomic mass is 10.1. The summed E-state index contributed by atoms with van der Waals surface area (Å²) >= 11 is 3.58. The van der Waals surface area contributed by atoms with E-state index in [-0.39, 0.29) is 0 Å². The molecule has 1 N–H and O–H groups in total. The first-order valence-electron chi connectivity index (χ1n) is 6.34. The van der Waals surface area contributed by atoms with Gasteiger partial charge in [0.2, 0.25) is 0 Å². The first-order chi connectivity index (χ1) is 8.79. The van der Waals surface area contributed by atoms with Gasteiger partial charge in [-0.3, -0.25) is 0 Å². The minimum Gasteiger partial charge on any atom is -0.496 e. The lowest BCUT2D eigenvalue weighted by molar-refractivity contribution is 0.184. The van der Waals surface area contributed by atoms with E-state index in [0.717, 1.165) is 28.7 Å². The quantitative estimate of drug-likeness (QED) is 0.939. The molecule has 0 atom stereocenters. The van der Waals surface area contributed by atoms with Gasteiger partial charge in [0.1, 0.15) is 5.75 Å². The van der Waals surface area contributed by atoms with Gasteiger partial charge in [-0.25, -0.2) is 0 Å². The summed E-state index contributed by atoms with van der Waals surface area (Å²) in [4.78, 5) is 5.83. The maximum atomic E-state index is 5.47. The van der Waals surface area contributed by atoms with Crippen molar-refractivity contribution in [3.63, 3.8) is 0 Å². The predicted octanol–water partition coefficient (Wildman–Crippen LogP) is 3.19. The summed E-state index contributed by atoms with van der Waals surface area (Å²) in [6.45, 7) is 3.65. The number of rotatable bonds is 4. The molecule has 3 rings (SSSR count). The van der Waals surface area contributed by atoms with Gasteiger partial charge in [-0.05, 0) is 59.6 Å². The highest BCUT2D eigenvalue weighted by Crippen LogP contribution is 2.34. The molecule has 0 radical (unpaired) electrons. The second-order valence-electron chi connectivity index (χ2n) is 4.76. The van der Waals surface area contributed by atoms with Gasteiger partial charge >= 0.3 is 0 Å². The van der Waals surface area contributed by atoms with Gasteiger partial charge in [0.15, 0.2) is 0 Å². The molecule has 1 saturated heterocycles. The molecule has 0 aliphatic carbocycles. The predicted molar refractivity (Wildman–Crippen MR) is 77.3 cm³/mol. The number of halogens is 1. The number of nitrogens with zero attached hydrogens (tertiary/aromatic N) is 1. The van der Waals surface area contributed by atoms with Crippen LogP contribution in [0.5, 0.6) is 5.75 Å². The molecule has 1 aromatic heterocycles. The standard InChI is InChI=1S/C14H17BrN2O/c1-18-12-4-3-11(15)14-13(12)10(9-16-14)5-8-17-6-2-7-17/h3-4,9,16H,2,5-8H2,1H3. The van der Waals surface area contributed by atoms with Crippen LogP contribution in [0, 0.1) is 0 Å². The molecule has 1 fully saturated rings. The molecule has 0 saturated carbocycles. The number of aromatic nitrogens is 1. The number of likely N-dealkylation sites (tertiary alicyclic amines) is 1. The van der Waals surface area contributed by atoms with Gasteiger partial charge in [-0.2, -0.15) is 0 Å². The van der Waals surface area contributed by atoms with Crippen LogP contribution in [0.2, 0.25) is 0 Å². The zero-order chi connectivity index (χ0) is 12.5. The Bertz CT molecular complexity index is 560. The Balaban J connectivity index is 1.93. The minimum absolute atomic E-state index is 0.952. The van der Waals surface area contributed by atoms with Crippen molar-refractivity contribution in [3.05, 3.63) is 28.4 Å². The molecule has 96 valence electrons. The van der Waals surface area contributed by atoms with Crippen LogP contribution in [0.4, 0.5) is 0 Å². The summed E-state index contributed by atoms with van der Waals surface area (Å²) in [5.74, 6) is 0.952. The molecule has 1 aliphatic heterocycles. The van der Waals surface area contributed by atoms with E-state index in [2.05, 4.69) is 32.0 Å². The maximum Gasteiger partial charge on any atom is 0.128 e. The van der Waals surface area contributed by atoms with Crippen molar-refractivity contribution < 1.29 is 4.74 Å². The van der Waals surface area contributed by atoms with Crippen LogP contribution in [0.1, 0.15) is 12.0 Å². The Morgan fingerprint density at radius 1 is 1.39 bits per heavy atom. The van der Waals surface area contributed by atoms with Crippen LogP contribution in [0.25, 0.3) is 10.9 Å². The van der Waals surface area contributed by atoms with Crippen molar-refractivity contribution in [1.29, 1.82) is 0 Å². The summed E-state index contributed by atoms with van der Waals surface area (Å²) in [6, 6.07) is 4.05. The molecule has 3 nitrogen and oxygen atoms in total. The van der Waals surface area contributed by atoms with Crippen LogP contribution < -0.4 is 4.74 Å². The molecular formula is C14H17BrN2O. The molecular weight excluding hydrogens is 292 g/mol. The largest absolute Gasteiger partial charge is 0.496 e. The summed E-state index contributed by atoms with van der Waals surface area (Å²) < 4.78 is 6.57. The third-order valence-corrected chi connectivity index (χ3v) is 4.35. The fraction of sp³-hybridized carbons (Fsp3) is 0.429. The molecule has 1 aliphatic rings. The second kappa shape index (κ2) is 4.94. The lowest BCUT2D eigenvalue weighted by Crippen LogP contribution is -2.38. The van der Waals surface area contributed by atoms with Crippen molar-refractivity contribution in [2.45, 2.75) is 12.8 Å². The molecule has 2 aromatic rings. The van der Waals surface area contributed by atoms with Crippen LogP contribution >= 0.6 is 15.9 Å². The molecule has 0 unspecified atom stereocenters. The smallest absolute Gasteiger partial charge is 0.128 e. The summed E-state index contributed by atoms with van der Waals surface area (Å²) in [5, 5.41) is 1.22. The molecule has 4 heteroatoms. The normalized spacial score (nSPS) is 15.9. The first-order valence-corrected chi connectivity index (χ1v) is 7.13. The number of benzene rings is 1. The van der Waals surface area contributed by atoms with Crippen molar-refractivity contribution in [2.75, 3.05) is 26.7 Å². The van der Waals surface area contributed by atoms with Crippen molar-refractivity contribution in [2.24, 2.45) is 0 Å². The van der Waals surface area contributed by atoms with Gasteiger partial charge in [0.05, 0.1) is 12.6 Å². The third kappa shape index (κ3) is 2.04. The summed E-state index contributed by atoms with van der Waals surface area (Å²) in [6.07, 6.45) is 4.54. The fourth-order valence-corrected chi connectivity index (χ4v) is 2.95. The van der Waals surface area contributed by atoms with E-state index < -0.39 is 0 Å². The molecule has 1 aromatic carbocycles. The minimum atomic E-state index is 0.952. The van der Waals surface area contributed by atoms with E-state index in [0.29, 0.717) is 0 Å². The Hall–Kier alpha value is -1.00. The zero-order valence-electron chi connectivity index (χ0n) is 10.5. The zero-order valence-corrected chi connectivity index (χ0v) is 12.1.